The molecule has 1 aliphatic rings. The molecule has 0 aliphatic carbocycles. The van der Waals surface area contributed by atoms with Gasteiger partial charge in [-0.1, -0.05) is 39.4 Å². The molecule has 1 fully saturated rings. The third kappa shape index (κ3) is 3.88. The van der Waals surface area contributed by atoms with Crippen molar-refractivity contribution in [2.45, 2.75) is 13.0 Å². The summed E-state index contributed by atoms with van der Waals surface area (Å²) < 4.78 is 1.33. The number of nitro benzene ring substituents is 1. The Balaban J connectivity index is 1.71. The molecule has 4 aromatic rings. The van der Waals surface area contributed by atoms with E-state index in [4.69, 9.17) is 0 Å². The Kier molecular flexibility index (Phi) is 5.65. The third-order valence-corrected chi connectivity index (χ3v) is 7.56. The SMILES string of the molecule is Cc1cc(/C(O)=C2\C(=O)C(=O)N(c3nc4ccc([N+](=O)[O-])cc4s3)C2c2cccnc2)ccc1Br. The summed E-state index contributed by atoms with van der Waals surface area (Å²) in [6.45, 7) is 1.85. The van der Waals surface area contributed by atoms with Crippen LogP contribution in [-0.4, -0.2) is 31.7 Å². The molecule has 1 saturated heterocycles. The number of halogens is 1. The van der Waals surface area contributed by atoms with Crippen molar-refractivity contribution >= 4 is 65.8 Å². The number of benzene rings is 2. The Morgan fingerprint density at radius 2 is 2.00 bits per heavy atom. The molecule has 0 radical (unpaired) electrons. The number of thiazole rings is 1. The summed E-state index contributed by atoms with van der Waals surface area (Å²) in [7, 11) is 0. The molecule has 1 aliphatic heterocycles. The van der Waals surface area contributed by atoms with Gasteiger partial charge in [0.25, 0.3) is 11.5 Å². The fraction of sp³-hybridized carbons (Fsp3) is 0.0833. The number of nitro groups is 1. The molecule has 0 bridgehead atoms. The average molecular weight is 551 g/mol. The van der Waals surface area contributed by atoms with Gasteiger partial charge in [-0.15, -0.1) is 0 Å². The van der Waals surface area contributed by atoms with Gasteiger partial charge >= 0.3 is 5.91 Å². The van der Waals surface area contributed by atoms with Gasteiger partial charge in [0.2, 0.25) is 0 Å². The van der Waals surface area contributed by atoms with Gasteiger partial charge in [0, 0.05) is 34.6 Å². The smallest absolute Gasteiger partial charge is 0.301 e. The minimum atomic E-state index is -0.983. The van der Waals surface area contributed by atoms with Gasteiger partial charge < -0.3 is 5.11 Å². The Morgan fingerprint density at radius 1 is 1.20 bits per heavy atom. The molecule has 2 aromatic carbocycles. The maximum absolute atomic E-state index is 13.3. The minimum Gasteiger partial charge on any atom is -0.507 e. The lowest BCUT2D eigenvalue weighted by atomic mass is 9.96. The van der Waals surface area contributed by atoms with Crippen LogP contribution >= 0.6 is 27.3 Å². The normalized spacial score (nSPS) is 17.3. The molecule has 0 saturated carbocycles. The van der Waals surface area contributed by atoms with Gasteiger partial charge in [0.15, 0.2) is 5.13 Å². The van der Waals surface area contributed by atoms with Crippen LogP contribution in [0.3, 0.4) is 0 Å². The number of aliphatic hydroxyl groups is 1. The van der Waals surface area contributed by atoms with Crippen LogP contribution in [0.15, 0.2) is 71.0 Å². The van der Waals surface area contributed by atoms with Crippen molar-refractivity contribution in [3.8, 4) is 0 Å². The molecule has 9 nitrogen and oxygen atoms in total. The van der Waals surface area contributed by atoms with Crippen LogP contribution in [0.25, 0.3) is 16.0 Å². The van der Waals surface area contributed by atoms with Crippen molar-refractivity contribution in [2.75, 3.05) is 4.90 Å². The number of ketones is 1. The van der Waals surface area contributed by atoms with Gasteiger partial charge in [-0.2, -0.15) is 0 Å². The zero-order valence-electron chi connectivity index (χ0n) is 18.0. The highest BCUT2D eigenvalue weighted by atomic mass is 79.9. The van der Waals surface area contributed by atoms with E-state index in [0.29, 0.717) is 21.3 Å². The van der Waals surface area contributed by atoms with E-state index >= 15 is 0 Å². The Hall–Kier alpha value is -3.96. The standard InChI is InChI=1S/C24H15BrN4O5S/c1-12-9-13(4-6-16(12)25)21(30)19-20(14-3-2-8-26-11-14)28(23(32)22(19)31)24-27-17-7-5-15(29(33)34)10-18(17)35-24/h2-11,20,30H,1H3/b21-19+. The maximum Gasteiger partial charge on any atom is 0.301 e. The number of hydrogen-bond donors (Lipinski definition) is 1. The molecule has 35 heavy (non-hydrogen) atoms. The number of Topliss-reactive ketones (excluding diaryl/α,β-unsaturated/α-hetero) is 1. The van der Waals surface area contributed by atoms with Crippen molar-refractivity contribution in [1.29, 1.82) is 0 Å². The highest BCUT2D eigenvalue weighted by Crippen LogP contribution is 2.44. The second-order valence-corrected chi connectivity index (χ2v) is 9.69. The zero-order valence-corrected chi connectivity index (χ0v) is 20.4. The number of fused-ring (bicyclic) bond motifs is 1. The number of rotatable bonds is 4. The van der Waals surface area contributed by atoms with Crippen LogP contribution in [0.4, 0.5) is 10.8 Å². The molecule has 174 valence electrons. The van der Waals surface area contributed by atoms with E-state index in [9.17, 15) is 24.8 Å². The number of carbonyl (C=O) groups is 2. The first-order valence-corrected chi connectivity index (χ1v) is 11.9. The Bertz CT molecular complexity index is 1570. The van der Waals surface area contributed by atoms with Gasteiger partial charge in [-0.3, -0.25) is 29.6 Å². The largest absolute Gasteiger partial charge is 0.507 e. The molecule has 0 spiro atoms. The quantitative estimate of drug-likeness (QED) is 0.120. The van der Waals surface area contributed by atoms with E-state index in [1.165, 1.54) is 29.3 Å². The topological polar surface area (TPSA) is 127 Å². The van der Waals surface area contributed by atoms with Crippen LogP contribution in [0.5, 0.6) is 0 Å². The summed E-state index contributed by atoms with van der Waals surface area (Å²) in [5.41, 5.74) is 1.99. The predicted molar refractivity (Wildman–Crippen MR) is 134 cm³/mol. The van der Waals surface area contributed by atoms with E-state index in [-0.39, 0.29) is 22.2 Å². The maximum atomic E-state index is 13.3. The van der Waals surface area contributed by atoms with Gasteiger partial charge in [0.05, 0.1) is 26.8 Å². The van der Waals surface area contributed by atoms with E-state index in [0.717, 1.165) is 21.4 Å². The second-order valence-electron chi connectivity index (χ2n) is 7.82. The molecule has 2 aromatic heterocycles. The summed E-state index contributed by atoms with van der Waals surface area (Å²) in [6.07, 6.45) is 3.08. The summed E-state index contributed by atoms with van der Waals surface area (Å²) in [5, 5.41) is 22.6. The third-order valence-electron chi connectivity index (χ3n) is 5.65. The molecule has 11 heteroatoms. The van der Waals surface area contributed by atoms with E-state index in [2.05, 4.69) is 25.9 Å². The van der Waals surface area contributed by atoms with Crippen LogP contribution in [0, 0.1) is 17.0 Å². The van der Waals surface area contributed by atoms with Crippen LogP contribution in [0.1, 0.15) is 22.7 Å². The number of nitrogens with zero attached hydrogens (tertiary/aromatic N) is 4. The molecule has 3 heterocycles. The average Bonchev–Trinajstić information content (AvgIpc) is 3.38. The summed E-state index contributed by atoms with van der Waals surface area (Å²) in [6, 6.07) is 11.7. The first kappa shape index (κ1) is 22.8. The van der Waals surface area contributed by atoms with Crippen molar-refractivity contribution < 1.29 is 19.6 Å². The van der Waals surface area contributed by atoms with Crippen molar-refractivity contribution in [1.82, 2.24) is 9.97 Å². The number of non-ortho nitro benzene ring substituents is 1. The summed E-state index contributed by atoms with van der Waals surface area (Å²) in [4.78, 5) is 47.0. The number of amides is 1. The number of pyridine rings is 1. The molecule has 1 amide bonds. The minimum absolute atomic E-state index is 0.0880. The highest BCUT2D eigenvalue weighted by Gasteiger charge is 2.48. The second kappa shape index (κ2) is 8.67. The first-order chi connectivity index (χ1) is 16.8. The lowest BCUT2D eigenvalue weighted by Crippen LogP contribution is -2.29. The number of carbonyl (C=O) groups excluding carboxylic acids is 2. The van der Waals surface area contributed by atoms with Gasteiger partial charge in [-0.05, 0) is 42.3 Å². The molecule has 1 atom stereocenters. The number of anilines is 1. The molecule has 5 rings (SSSR count). The molecular formula is C24H15BrN4O5S. The van der Waals surface area contributed by atoms with Crippen molar-refractivity contribution in [3.05, 3.63) is 97.8 Å². The number of aromatic nitrogens is 2. The number of hydrogen-bond acceptors (Lipinski definition) is 8. The zero-order chi connectivity index (χ0) is 24.9. The van der Waals surface area contributed by atoms with Gasteiger partial charge in [0.1, 0.15) is 5.76 Å². The molecule has 1 N–H and O–H groups in total. The van der Waals surface area contributed by atoms with Crippen LogP contribution in [-0.2, 0) is 9.59 Å². The van der Waals surface area contributed by atoms with E-state index in [1.807, 2.05) is 6.92 Å². The molecular weight excluding hydrogens is 536 g/mol. The lowest BCUT2D eigenvalue weighted by molar-refractivity contribution is -0.384. The van der Waals surface area contributed by atoms with Crippen molar-refractivity contribution in [2.24, 2.45) is 0 Å². The summed E-state index contributed by atoms with van der Waals surface area (Å²) >= 11 is 4.47. The van der Waals surface area contributed by atoms with Crippen LogP contribution in [0.2, 0.25) is 0 Å². The first-order valence-electron chi connectivity index (χ1n) is 10.3. The lowest BCUT2D eigenvalue weighted by Gasteiger charge is -2.22. The fourth-order valence-electron chi connectivity index (χ4n) is 3.95. The van der Waals surface area contributed by atoms with E-state index < -0.39 is 22.7 Å². The monoisotopic (exact) mass is 550 g/mol. The van der Waals surface area contributed by atoms with Crippen LogP contribution < -0.4 is 4.90 Å². The summed E-state index contributed by atoms with van der Waals surface area (Å²) in [5.74, 6) is -2.03. The van der Waals surface area contributed by atoms with Gasteiger partial charge in [-0.25, -0.2) is 4.98 Å². The fourth-order valence-corrected chi connectivity index (χ4v) is 5.22. The number of aryl methyl sites for hydroxylation is 1. The predicted octanol–water partition coefficient (Wildman–Crippen LogP) is 5.30. The molecule has 1 unspecified atom stereocenters. The highest BCUT2D eigenvalue weighted by molar-refractivity contribution is 9.10. The Morgan fingerprint density at radius 3 is 2.69 bits per heavy atom. The Labute approximate surface area is 210 Å². The van der Waals surface area contributed by atoms with E-state index in [1.54, 1.807) is 36.5 Å². The number of aliphatic hydroxyl groups excluding tert-OH is 1. The van der Waals surface area contributed by atoms with Crippen molar-refractivity contribution in [3.63, 3.8) is 0 Å².